The summed E-state index contributed by atoms with van der Waals surface area (Å²) in [5.41, 5.74) is 2.52. The van der Waals surface area contributed by atoms with Crippen LogP contribution in [0.1, 0.15) is 30.7 Å². The van der Waals surface area contributed by atoms with E-state index in [1.54, 1.807) is 18.5 Å². The van der Waals surface area contributed by atoms with Crippen LogP contribution in [0, 0.1) is 11.8 Å². The Bertz CT molecular complexity index is 1670. The van der Waals surface area contributed by atoms with E-state index < -0.39 is 15.3 Å². The summed E-state index contributed by atoms with van der Waals surface area (Å²) in [6.07, 6.45) is 5.83. The molecule has 0 fully saturated rings. The van der Waals surface area contributed by atoms with Crippen molar-refractivity contribution in [1.29, 1.82) is 0 Å². The normalized spacial score (nSPS) is 14.1. The molecule has 5 rings (SSSR count). The standard InChI is InChI=1S/C26H21N5O3S/c1-26(2)20-7-4-16(12-22(20)30-25(26)32)5-8-21-19-13-24(28-14-17(19)10-11-27-21)31-23-9-6-18(15-29-23)35(3,33)34/h4,6-7,9-15H,1-3H3,(H,30,32)(H,28,29,31). The van der Waals surface area contributed by atoms with Crippen molar-refractivity contribution in [3.05, 3.63) is 77.9 Å². The molecule has 0 radical (unpaired) electrons. The molecule has 0 saturated heterocycles. The van der Waals surface area contributed by atoms with Crippen molar-refractivity contribution >= 4 is 43.8 Å². The number of pyridine rings is 3. The van der Waals surface area contributed by atoms with E-state index in [0.29, 0.717) is 17.3 Å². The third kappa shape index (κ3) is 4.32. The summed E-state index contributed by atoms with van der Waals surface area (Å²) >= 11 is 0. The minimum atomic E-state index is -3.32. The lowest BCUT2D eigenvalue weighted by Crippen LogP contribution is -2.26. The predicted molar refractivity (Wildman–Crippen MR) is 134 cm³/mol. The van der Waals surface area contributed by atoms with Crippen molar-refractivity contribution in [3.8, 4) is 11.8 Å². The highest BCUT2D eigenvalue weighted by atomic mass is 32.2. The number of rotatable bonds is 3. The highest BCUT2D eigenvalue weighted by Crippen LogP contribution is 2.37. The molecule has 4 heterocycles. The van der Waals surface area contributed by atoms with Crippen LogP contribution in [-0.4, -0.2) is 35.5 Å². The second-order valence-corrected chi connectivity index (χ2v) is 10.8. The lowest BCUT2D eigenvalue weighted by molar-refractivity contribution is -0.119. The maximum Gasteiger partial charge on any atom is 0.234 e. The Morgan fingerprint density at radius 2 is 1.74 bits per heavy atom. The number of anilines is 3. The average Bonchev–Trinajstić information content (AvgIpc) is 3.05. The van der Waals surface area contributed by atoms with Crippen molar-refractivity contribution in [1.82, 2.24) is 15.0 Å². The topological polar surface area (TPSA) is 114 Å². The van der Waals surface area contributed by atoms with Crippen molar-refractivity contribution in [2.45, 2.75) is 24.2 Å². The van der Waals surface area contributed by atoms with Crippen LogP contribution in [-0.2, 0) is 20.0 Å². The molecule has 0 spiro atoms. The average molecular weight is 484 g/mol. The van der Waals surface area contributed by atoms with Gasteiger partial charge in [-0.25, -0.2) is 23.4 Å². The number of hydrogen-bond donors (Lipinski definition) is 2. The highest BCUT2D eigenvalue weighted by molar-refractivity contribution is 7.90. The zero-order valence-corrected chi connectivity index (χ0v) is 20.1. The van der Waals surface area contributed by atoms with E-state index in [-0.39, 0.29) is 10.8 Å². The van der Waals surface area contributed by atoms with E-state index in [9.17, 15) is 13.2 Å². The SMILES string of the molecule is CC1(C)C(=O)Nc2cc(C#Cc3nccc4cnc(Nc5ccc(S(C)(=O)=O)cn5)cc34)ccc21. The lowest BCUT2D eigenvalue weighted by atomic mass is 9.86. The Morgan fingerprint density at radius 3 is 2.49 bits per heavy atom. The number of nitrogens with one attached hydrogen (secondary N) is 2. The molecule has 4 aromatic rings. The Morgan fingerprint density at radius 1 is 0.943 bits per heavy atom. The molecular weight excluding hydrogens is 462 g/mol. The van der Waals surface area contributed by atoms with Crippen molar-refractivity contribution in [3.63, 3.8) is 0 Å². The van der Waals surface area contributed by atoms with Gasteiger partial charge in [0.25, 0.3) is 0 Å². The first-order valence-corrected chi connectivity index (χ1v) is 12.7. The zero-order chi connectivity index (χ0) is 24.8. The van der Waals surface area contributed by atoms with Crippen LogP contribution in [0.5, 0.6) is 0 Å². The van der Waals surface area contributed by atoms with Crippen molar-refractivity contribution in [2.24, 2.45) is 0 Å². The van der Waals surface area contributed by atoms with Gasteiger partial charge in [0, 0.05) is 46.9 Å². The fourth-order valence-electron chi connectivity index (χ4n) is 3.84. The molecule has 0 saturated carbocycles. The molecule has 35 heavy (non-hydrogen) atoms. The Balaban J connectivity index is 1.45. The van der Waals surface area contributed by atoms with Gasteiger partial charge in [0.05, 0.1) is 10.3 Å². The number of carbonyl (C=O) groups is 1. The van der Waals surface area contributed by atoms with Gasteiger partial charge < -0.3 is 10.6 Å². The maximum atomic E-state index is 12.2. The molecule has 0 atom stereocenters. The molecule has 8 nitrogen and oxygen atoms in total. The highest BCUT2D eigenvalue weighted by Gasteiger charge is 2.38. The van der Waals surface area contributed by atoms with Gasteiger partial charge in [0.15, 0.2) is 9.84 Å². The van der Waals surface area contributed by atoms with E-state index in [1.165, 1.54) is 12.3 Å². The summed E-state index contributed by atoms with van der Waals surface area (Å²) in [6.45, 7) is 3.80. The first-order chi connectivity index (χ1) is 16.6. The summed E-state index contributed by atoms with van der Waals surface area (Å²) in [6, 6.07) is 12.5. The zero-order valence-electron chi connectivity index (χ0n) is 19.2. The summed E-state index contributed by atoms with van der Waals surface area (Å²) < 4.78 is 23.3. The molecule has 1 aliphatic rings. The fourth-order valence-corrected chi connectivity index (χ4v) is 4.40. The molecular formula is C26H21N5O3S. The molecule has 1 amide bonds. The second kappa shape index (κ2) is 8.18. The largest absolute Gasteiger partial charge is 0.325 e. The summed E-state index contributed by atoms with van der Waals surface area (Å²) in [5, 5.41) is 7.68. The van der Waals surface area contributed by atoms with Crippen LogP contribution in [0.25, 0.3) is 10.8 Å². The Hall–Kier alpha value is -4.29. The first kappa shape index (κ1) is 22.5. The van der Waals surface area contributed by atoms with Gasteiger partial charge in [-0.15, -0.1) is 0 Å². The van der Waals surface area contributed by atoms with Crippen LogP contribution in [0.15, 0.2) is 66.0 Å². The fraction of sp³-hybridized carbons (Fsp3) is 0.154. The van der Waals surface area contributed by atoms with E-state index in [1.807, 2.05) is 44.2 Å². The van der Waals surface area contributed by atoms with Gasteiger partial charge in [-0.1, -0.05) is 12.0 Å². The molecule has 2 N–H and O–H groups in total. The molecule has 1 aliphatic heterocycles. The third-order valence-electron chi connectivity index (χ3n) is 5.90. The van der Waals surface area contributed by atoms with Crippen LogP contribution in [0.3, 0.4) is 0 Å². The van der Waals surface area contributed by atoms with Crippen LogP contribution in [0.2, 0.25) is 0 Å². The van der Waals surface area contributed by atoms with E-state index >= 15 is 0 Å². The third-order valence-corrected chi connectivity index (χ3v) is 7.00. The van der Waals surface area contributed by atoms with Crippen molar-refractivity contribution in [2.75, 3.05) is 16.9 Å². The monoisotopic (exact) mass is 483 g/mol. The van der Waals surface area contributed by atoms with Gasteiger partial charge in [-0.2, -0.15) is 0 Å². The quantitative estimate of drug-likeness (QED) is 0.426. The number of benzene rings is 1. The van der Waals surface area contributed by atoms with Gasteiger partial charge in [0.1, 0.15) is 17.3 Å². The lowest BCUT2D eigenvalue weighted by Gasteiger charge is -2.14. The number of nitrogens with zero attached hydrogens (tertiary/aromatic N) is 3. The second-order valence-electron chi connectivity index (χ2n) is 8.82. The summed E-state index contributed by atoms with van der Waals surface area (Å²) in [5.74, 6) is 7.23. The number of sulfone groups is 1. The van der Waals surface area contributed by atoms with Gasteiger partial charge in [-0.05, 0) is 61.7 Å². The summed E-state index contributed by atoms with van der Waals surface area (Å²) in [7, 11) is -3.32. The number of amides is 1. The minimum Gasteiger partial charge on any atom is -0.325 e. The number of hydrogen-bond acceptors (Lipinski definition) is 7. The molecule has 3 aromatic heterocycles. The summed E-state index contributed by atoms with van der Waals surface area (Å²) in [4.78, 5) is 25.4. The van der Waals surface area contributed by atoms with Gasteiger partial charge in [0.2, 0.25) is 5.91 Å². The van der Waals surface area contributed by atoms with E-state index in [0.717, 1.165) is 33.8 Å². The minimum absolute atomic E-state index is 0.0266. The van der Waals surface area contributed by atoms with Crippen molar-refractivity contribution < 1.29 is 13.2 Å². The Labute approximate surface area is 202 Å². The molecule has 9 heteroatoms. The number of carbonyl (C=O) groups excluding carboxylic acids is 1. The van der Waals surface area contributed by atoms with E-state index in [2.05, 4.69) is 37.4 Å². The number of aromatic nitrogens is 3. The molecule has 174 valence electrons. The van der Waals surface area contributed by atoms with Crippen LogP contribution >= 0.6 is 0 Å². The van der Waals surface area contributed by atoms with Crippen LogP contribution < -0.4 is 10.6 Å². The smallest absolute Gasteiger partial charge is 0.234 e. The number of fused-ring (bicyclic) bond motifs is 2. The van der Waals surface area contributed by atoms with E-state index in [4.69, 9.17) is 0 Å². The maximum absolute atomic E-state index is 12.2. The molecule has 0 aliphatic carbocycles. The van der Waals surface area contributed by atoms with Crippen LogP contribution in [0.4, 0.5) is 17.3 Å². The Kier molecular flexibility index (Phi) is 5.26. The molecule has 0 unspecified atom stereocenters. The molecule has 1 aromatic carbocycles. The predicted octanol–water partition coefficient (Wildman–Crippen LogP) is 3.80. The van der Waals surface area contributed by atoms with Gasteiger partial charge >= 0.3 is 0 Å². The van der Waals surface area contributed by atoms with Gasteiger partial charge in [-0.3, -0.25) is 4.79 Å². The molecule has 0 bridgehead atoms. The first-order valence-electron chi connectivity index (χ1n) is 10.8.